The number of para-hydroxylation sites is 1. The Balaban J connectivity index is 1.69. The Morgan fingerprint density at radius 2 is 1.51 bits per heavy atom. The van der Waals surface area contributed by atoms with Gasteiger partial charge in [0.1, 0.15) is 5.69 Å². The summed E-state index contributed by atoms with van der Waals surface area (Å²) in [7, 11) is 4.59. The van der Waals surface area contributed by atoms with Gasteiger partial charge in [-0.3, -0.25) is 9.59 Å². The molecule has 0 fully saturated rings. The molecule has 3 aromatic carbocycles. The summed E-state index contributed by atoms with van der Waals surface area (Å²) in [6, 6.07) is 23.2. The lowest BCUT2D eigenvalue weighted by atomic mass is 10.00. The minimum absolute atomic E-state index is 0.194. The van der Waals surface area contributed by atoms with Gasteiger partial charge in [-0.25, -0.2) is 0 Å². The van der Waals surface area contributed by atoms with Crippen LogP contribution in [0.15, 0.2) is 89.5 Å². The molecular formula is C31H27N3O7. The lowest BCUT2D eigenvalue weighted by molar-refractivity contribution is -0.132. The molecule has 0 bridgehead atoms. The second-order valence-electron chi connectivity index (χ2n) is 8.79. The van der Waals surface area contributed by atoms with E-state index in [0.717, 1.165) is 0 Å². The molecule has 2 aromatic heterocycles. The number of anilines is 1. The van der Waals surface area contributed by atoms with Gasteiger partial charge in [-0.2, -0.15) is 9.78 Å². The van der Waals surface area contributed by atoms with Gasteiger partial charge in [0.05, 0.1) is 38.8 Å². The van der Waals surface area contributed by atoms with E-state index < -0.39 is 5.97 Å². The van der Waals surface area contributed by atoms with Crippen molar-refractivity contribution < 1.29 is 33.0 Å². The topological polar surface area (TPSA) is 114 Å². The van der Waals surface area contributed by atoms with Crippen molar-refractivity contribution >= 4 is 17.6 Å². The van der Waals surface area contributed by atoms with Gasteiger partial charge in [0.25, 0.3) is 5.91 Å². The highest BCUT2D eigenvalue weighted by atomic mass is 16.5. The molecule has 10 heteroatoms. The summed E-state index contributed by atoms with van der Waals surface area (Å²) < 4.78 is 29.2. The largest absolute Gasteiger partial charge is 0.493 e. The number of aromatic nitrogens is 2. The van der Waals surface area contributed by atoms with Crippen molar-refractivity contribution in [1.82, 2.24) is 9.78 Å². The van der Waals surface area contributed by atoms with Gasteiger partial charge >= 0.3 is 5.97 Å². The van der Waals surface area contributed by atoms with E-state index in [1.807, 2.05) is 30.3 Å². The zero-order valence-electron chi connectivity index (χ0n) is 22.8. The minimum Gasteiger partial charge on any atom is -0.493 e. The van der Waals surface area contributed by atoms with Crippen molar-refractivity contribution in [3.05, 3.63) is 90.9 Å². The third-order valence-electron chi connectivity index (χ3n) is 6.20. The van der Waals surface area contributed by atoms with Gasteiger partial charge in [0, 0.05) is 18.2 Å². The molecule has 2 heterocycles. The van der Waals surface area contributed by atoms with Crippen LogP contribution in [-0.4, -0.2) is 43.0 Å². The van der Waals surface area contributed by atoms with E-state index in [1.165, 1.54) is 34.5 Å². The molecule has 0 spiro atoms. The standard InChI is InChI=1S/C31H27N3O7/c1-19(35)41-31-27(20-12-14-22(15-13-20)32-30(36)24-11-8-16-40-24)28(33-34(31)23-9-6-5-7-10-23)21-17-25(37-2)29(39-4)26(18-21)38-3/h5-18H,1-4H3,(H,32,36). The molecule has 41 heavy (non-hydrogen) atoms. The summed E-state index contributed by atoms with van der Waals surface area (Å²) in [5, 5.41) is 7.70. The number of esters is 1. The summed E-state index contributed by atoms with van der Waals surface area (Å²) in [4.78, 5) is 24.8. The Labute approximate surface area is 236 Å². The fraction of sp³-hybridized carbons (Fsp3) is 0.129. The number of hydrogen-bond acceptors (Lipinski definition) is 8. The molecule has 0 aliphatic carbocycles. The second-order valence-corrected chi connectivity index (χ2v) is 8.79. The molecule has 10 nitrogen and oxygen atoms in total. The number of carbonyl (C=O) groups excluding carboxylic acids is 2. The minimum atomic E-state index is -0.512. The first-order chi connectivity index (χ1) is 19.9. The van der Waals surface area contributed by atoms with Crippen molar-refractivity contribution in [2.75, 3.05) is 26.6 Å². The van der Waals surface area contributed by atoms with E-state index >= 15 is 0 Å². The Bertz CT molecular complexity index is 1650. The van der Waals surface area contributed by atoms with Gasteiger partial charge in [0.15, 0.2) is 17.3 Å². The van der Waals surface area contributed by atoms with Crippen LogP contribution in [0.3, 0.4) is 0 Å². The van der Waals surface area contributed by atoms with Crippen LogP contribution in [0.5, 0.6) is 23.1 Å². The lowest BCUT2D eigenvalue weighted by Crippen LogP contribution is -2.10. The summed E-state index contributed by atoms with van der Waals surface area (Å²) in [5.74, 6) is 0.833. The molecule has 208 valence electrons. The molecule has 1 N–H and O–H groups in total. The molecule has 1 amide bonds. The number of amides is 1. The van der Waals surface area contributed by atoms with E-state index in [2.05, 4.69) is 5.32 Å². The molecule has 0 aliphatic rings. The zero-order valence-corrected chi connectivity index (χ0v) is 22.8. The van der Waals surface area contributed by atoms with E-state index in [0.29, 0.717) is 51.0 Å². The maximum atomic E-state index is 12.5. The van der Waals surface area contributed by atoms with Crippen molar-refractivity contribution in [3.63, 3.8) is 0 Å². The molecule has 5 rings (SSSR count). The second kappa shape index (κ2) is 11.7. The van der Waals surface area contributed by atoms with E-state index in [4.69, 9.17) is 28.5 Å². The monoisotopic (exact) mass is 553 g/mol. The number of rotatable bonds is 9. The van der Waals surface area contributed by atoms with Gasteiger partial charge in [-0.1, -0.05) is 30.3 Å². The Hall–Kier alpha value is -5.51. The highest BCUT2D eigenvalue weighted by molar-refractivity contribution is 6.02. The van der Waals surface area contributed by atoms with Crippen molar-refractivity contribution in [2.24, 2.45) is 0 Å². The number of nitrogens with zero attached hydrogens (tertiary/aromatic N) is 2. The van der Waals surface area contributed by atoms with E-state index in [1.54, 1.807) is 53.2 Å². The number of hydrogen-bond donors (Lipinski definition) is 1. The van der Waals surface area contributed by atoms with Crippen molar-refractivity contribution in [1.29, 1.82) is 0 Å². The van der Waals surface area contributed by atoms with Crippen LogP contribution in [-0.2, 0) is 4.79 Å². The summed E-state index contributed by atoms with van der Waals surface area (Å²) in [6.07, 6.45) is 1.43. The molecule has 0 unspecified atom stereocenters. The molecule has 0 radical (unpaired) electrons. The predicted molar refractivity (Wildman–Crippen MR) is 152 cm³/mol. The van der Waals surface area contributed by atoms with Crippen LogP contribution in [0.4, 0.5) is 5.69 Å². The Morgan fingerprint density at radius 3 is 2.07 bits per heavy atom. The number of nitrogens with one attached hydrogen (secondary N) is 1. The average molecular weight is 554 g/mol. The van der Waals surface area contributed by atoms with Gasteiger partial charge in [0.2, 0.25) is 11.6 Å². The Morgan fingerprint density at radius 1 is 0.829 bits per heavy atom. The SMILES string of the molecule is COc1cc(-c2nn(-c3ccccc3)c(OC(C)=O)c2-c2ccc(NC(=O)c3ccco3)cc2)cc(OC)c1OC. The van der Waals surface area contributed by atoms with Crippen LogP contribution < -0.4 is 24.3 Å². The fourth-order valence-electron chi connectivity index (χ4n) is 4.38. The van der Waals surface area contributed by atoms with E-state index in [-0.39, 0.29) is 17.5 Å². The number of benzene rings is 3. The Kier molecular flexibility index (Phi) is 7.73. The van der Waals surface area contributed by atoms with Crippen molar-refractivity contribution in [2.45, 2.75) is 6.92 Å². The molecule has 0 atom stereocenters. The molecule has 0 saturated carbocycles. The first-order valence-corrected chi connectivity index (χ1v) is 12.6. The highest BCUT2D eigenvalue weighted by Gasteiger charge is 2.26. The van der Waals surface area contributed by atoms with Crippen LogP contribution in [0.2, 0.25) is 0 Å². The molecule has 0 saturated heterocycles. The normalized spacial score (nSPS) is 10.6. The van der Waals surface area contributed by atoms with E-state index in [9.17, 15) is 9.59 Å². The molecule has 0 aliphatic heterocycles. The summed E-state index contributed by atoms with van der Waals surface area (Å²) in [5.41, 5.74) is 3.59. The fourth-order valence-corrected chi connectivity index (χ4v) is 4.38. The average Bonchev–Trinajstić information content (AvgIpc) is 3.66. The van der Waals surface area contributed by atoms with Gasteiger partial charge < -0.3 is 28.7 Å². The first-order valence-electron chi connectivity index (χ1n) is 12.6. The maximum absolute atomic E-state index is 12.5. The van der Waals surface area contributed by atoms with Crippen molar-refractivity contribution in [3.8, 4) is 51.2 Å². The lowest BCUT2D eigenvalue weighted by Gasteiger charge is -2.14. The quantitative estimate of drug-likeness (QED) is 0.221. The maximum Gasteiger partial charge on any atom is 0.309 e. The third kappa shape index (κ3) is 5.48. The zero-order chi connectivity index (χ0) is 28.9. The van der Waals surface area contributed by atoms with Gasteiger partial charge in [-0.05, 0) is 54.1 Å². The third-order valence-corrected chi connectivity index (χ3v) is 6.20. The van der Waals surface area contributed by atoms with Crippen LogP contribution in [0.25, 0.3) is 28.1 Å². The number of furan rings is 1. The number of carbonyl (C=O) groups is 2. The van der Waals surface area contributed by atoms with Crippen LogP contribution >= 0.6 is 0 Å². The summed E-state index contributed by atoms with van der Waals surface area (Å²) in [6.45, 7) is 1.33. The molecule has 5 aromatic rings. The first kappa shape index (κ1) is 27.1. The van der Waals surface area contributed by atoms with Crippen LogP contribution in [0.1, 0.15) is 17.5 Å². The number of ether oxygens (including phenoxy) is 4. The highest BCUT2D eigenvalue weighted by Crippen LogP contribution is 2.46. The summed E-state index contributed by atoms with van der Waals surface area (Å²) >= 11 is 0. The van der Waals surface area contributed by atoms with Crippen LogP contribution in [0, 0.1) is 0 Å². The van der Waals surface area contributed by atoms with Gasteiger partial charge in [-0.15, -0.1) is 0 Å². The molecular weight excluding hydrogens is 526 g/mol. The predicted octanol–water partition coefficient (Wildman–Crippen LogP) is 6.00. The smallest absolute Gasteiger partial charge is 0.309 e. The number of methoxy groups -OCH3 is 3.